The lowest BCUT2D eigenvalue weighted by atomic mass is 9.91. The van der Waals surface area contributed by atoms with E-state index in [2.05, 4.69) is 163 Å². The number of hydrogen-bond donors (Lipinski definition) is 3. The minimum atomic E-state index is 0. The first kappa shape index (κ1) is 38.6. The number of nitrogens with zero attached hydrogens (tertiary/aromatic N) is 1. The number of rotatable bonds is 8. The Kier molecular flexibility index (Phi) is 13.7. The first-order valence-corrected chi connectivity index (χ1v) is 19.2. The molecule has 4 aromatic carbocycles. The fraction of sp³-hybridized carbons (Fsp3) is 0.333. The predicted octanol–water partition coefficient (Wildman–Crippen LogP) is 12.0. The normalized spacial score (nSPS) is 17.2. The van der Waals surface area contributed by atoms with Crippen molar-refractivity contribution in [1.82, 2.24) is 20.2 Å². The van der Waals surface area contributed by atoms with Gasteiger partial charge in [-0.05, 0) is 117 Å². The Morgan fingerprint density at radius 3 is 1.94 bits per heavy atom. The van der Waals surface area contributed by atoms with Crippen LogP contribution < -0.4 is 5.32 Å². The van der Waals surface area contributed by atoms with Gasteiger partial charge in [0.15, 0.2) is 0 Å². The molecule has 0 saturated carbocycles. The lowest BCUT2D eigenvalue weighted by Gasteiger charge is -2.31. The van der Waals surface area contributed by atoms with Gasteiger partial charge in [0.2, 0.25) is 0 Å². The van der Waals surface area contributed by atoms with Crippen molar-refractivity contribution in [2.24, 2.45) is 0 Å². The summed E-state index contributed by atoms with van der Waals surface area (Å²) in [6, 6.07) is 35.6. The van der Waals surface area contributed by atoms with E-state index in [-0.39, 0.29) is 24.8 Å². The maximum atomic E-state index is 3.81. The van der Waals surface area contributed by atoms with Gasteiger partial charge >= 0.3 is 0 Å². The molecule has 4 nitrogen and oxygen atoms in total. The van der Waals surface area contributed by atoms with Gasteiger partial charge in [0.05, 0.1) is 0 Å². The van der Waals surface area contributed by atoms with E-state index in [4.69, 9.17) is 0 Å². The Morgan fingerprint density at radius 2 is 1.30 bits per heavy atom. The number of benzene rings is 4. The second-order valence-corrected chi connectivity index (χ2v) is 15.5. The average Bonchev–Trinajstić information content (AvgIpc) is 3.68. The van der Waals surface area contributed by atoms with E-state index >= 15 is 0 Å². The number of aromatic amines is 2. The van der Waals surface area contributed by atoms with E-state index in [1.54, 1.807) is 0 Å². The smallest absolute Gasteiger partial charge is 0.0498 e. The van der Waals surface area contributed by atoms with Crippen LogP contribution in [-0.2, 0) is 19.3 Å². The molecule has 0 radical (unpaired) electrons. The monoisotopic (exact) mass is 836 g/mol. The number of likely N-dealkylation sites (N-methyl/N-ethyl adjacent to an activating group) is 1. The van der Waals surface area contributed by atoms with Gasteiger partial charge in [0.1, 0.15) is 0 Å². The first-order chi connectivity index (χ1) is 23.4. The van der Waals surface area contributed by atoms with Gasteiger partial charge in [-0.3, -0.25) is 4.90 Å². The first-order valence-electron chi connectivity index (χ1n) is 17.6. The van der Waals surface area contributed by atoms with Crippen molar-refractivity contribution in [3.63, 3.8) is 0 Å². The molecule has 8 rings (SSSR count). The van der Waals surface area contributed by atoms with Crippen molar-refractivity contribution in [2.75, 3.05) is 20.1 Å². The van der Waals surface area contributed by atoms with Gasteiger partial charge < -0.3 is 15.3 Å². The zero-order valence-corrected chi connectivity index (χ0v) is 33.7. The highest BCUT2D eigenvalue weighted by molar-refractivity contribution is 9.10. The molecule has 8 heteroatoms. The van der Waals surface area contributed by atoms with Crippen LogP contribution in [0.3, 0.4) is 0 Å². The number of fused-ring (bicyclic) bond motifs is 6. The minimum Gasteiger partial charge on any atom is -0.357 e. The summed E-state index contributed by atoms with van der Waals surface area (Å²) in [7, 11) is 2.27. The van der Waals surface area contributed by atoms with Crippen LogP contribution >= 0.6 is 56.7 Å². The summed E-state index contributed by atoms with van der Waals surface area (Å²) in [5.41, 5.74) is 11.2. The Morgan fingerprint density at radius 1 is 0.740 bits per heavy atom. The van der Waals surface area contributed by atoms with E-state index in [0.29, 0.717) is 18.0 Å². The van der Waals surface area contributed by atoms with Gasteiger partial charge in [-0.2, -0.15) is 0 Å². The topological polar surface area (TPSA) is 46.9 Å². The molecule has 264 valence electrons. The van der Waals surface area contributed by atoms with E-state index < -0.39 is 0 Å². The quantitative estimate of drug-likeness (QED) is 0.143. The molecule has 0 bridgehead atoms. The van der Waals surface area contributed by atoms with Crippen molar-refractivity contribution in [1.29, 1.82) is 0 Å². The van der Waals surface area contributed by atoms with E-state index in [1.165, 1.54) is 94.0 Å². The molecule has 0 saturated heterocycles. The van der Waals surface area contributed by atoms with Gasteiger partial charge in [0.25, 0.3) is 0 Å². The van der Waals surface area contributed by atoms with Gasteiger partial charge in [-0.1, -0.05) is 99.4 Å². The van der Waals surface area contributed by atoms with Gasteiger partial charge in [-0.15, -0.1) is 24.8 Å². The van der Waals surface area contributed by atoms with Crippen LogP contribution in [-0.4, -0.2) is 35.0 Å². The largest absolute Gasteiger partial charge is 0.357 e. The molecule has 2 aliphatic carbocycles. The molecule has 2 heterocycles. The zero-order chi connectivity index (χ0) is 33.0. The maximum Gasteiger partial charge on any atom is 0.0498 e. The molecule has 6 aromatic rings. The molecule has 2 aromatic heterocycles. The van der Waals surface area contributed by atoms with Crippen LogP contribution in [0.15, 0.2) is 106 Å². The molecule has 2 unspecified atom stereocenters. The van der Waals surface area contributed by atoms with E-state index in [9.17, 15) is 0 Å². The number of nitrogens with one attached hydrogen (secondary N) is 3. The van der Waals surface area contributed by atoms with Crippen molar-refractivity contribution < 1.29 is 0 Å². The molecule has 50 heavy (non-hydrogen) atoms. The fourth-order valence-corrected chi connectivity index (χ4v) is 8.54. The Hall–Kier alpha value is -2.58. The van der Waals surface area contributed by atoms with Crippen molar-refractivity contribution in [2.45, 2.75) is 69.9 Å². The minimum absolute atomic E-state index is 0. The van der Waals surface area contributed by atoms with E-state index in [1.807, 2.05) is 0 Å². The number of aromatic nitrogens is 2. The zero-order valence-electron chi connectivity index (χ0n) is 28.9. The highest BCUT2D eigenvalue weighted by Gasteiger charge is 2.27. The molecule has 3 atom stereocenters. The molecule has 0 aliphatic heterocycles. The summed E-state index contributed by atoms with van der Waals surface area (Å²) in [6.45, 7) is 4.40. The van der Waals surface area contributed by atoms with E-state index in [0.717, 1.165) is 28.5 Å². The van der Waals surface area contributed by atoms with Gasteiger partial charge in [-0.25, -0.2) is 0 Å². The Balaban J connectivity index is 0.000000187. The standard InChI is InChI=1S/2C21H23BrN2.2ClH/c1-14(15-6-3-2-4-7-15)13-23-20-9-5-8-17-18-12-16(22)10-11-19(18)24-21(17)20;1-24(13-12-15-6-3-2-4-7-15)20-9-5-8-17-18-14-16(22)10-11-19(18)23-21(17)20;;/h2-4,6-7,10-12,14,20,23-24H,5,8-9,13H2,1H3;2-4,6-7,10-11,14,20,23H,5,8-9,12-13H2,1H3;2*1H/t14-,20?;;;/m0.../s1. The number of hydrogen-bond acceptors (Lipinski definition) is 2. The second kappa shape index (κ2) is 17.8. The van der Waals surface area contributed by atoms with Crippen LogP contribution in [0, 0.1) is 0 Å². The maximum absolute atomic E-state index is 3.81. The summed E-state index contributed by atoms with van der Waals surface area (Å²) in [4.78, 5) is 9.91. The Labute approximate surface area is 326 Å². The number of halogens is 4. The van der Waals surface area contributed by atoms with Crippen LogP contribution in [0.1, 0.15) is 84.3 Å². The summed E-state index contributed by atoms with van der Waals surface area (Å²) in [6.07, 6.45) is 8.45. The molecule has 3 N–H and O–H groups in total. The third-order valence-corrected chi connectivity index (χ3v) is 11.5. The highest BCUT2D eigenvalue weighted by atomic mass is 79.9. The lowest BCUT2D eigenvalue weighted by Crippen LogP contribution is -2.29. The highest BCUT2D eigenvalue weighted by Crippen LogP contribution is 2.39. The number of H-pyrrole nitrogens is 2. The SMILES string of the molecule is CN(CCc1ccccc1)C1CCCc2c1[nH]c1ccc(Br)cc21.C[C@@H](CNC1CCCc2c1[nH]c1ccc(Br)cc21)c1ccccc1.Cl.Cl. The predicted molar refractivity (Wildman–Crippen MR) is 223 cm³/mol. The molecular weight excluding hydrogens is 791 g/mol. The average molecular weight is 840 g/mol. The second-order valence-electron chi connectivity index (χ2n) is 13.7. The molecule has 0 spiro atoms. The van der Waals surface area contributed by atoms with Crippen molar-refractivity contribution in [3.05, 3.63) is 140 Å². The molecule has 2 aliphatic rings. The van der Waals surface area contributed by atoms with Crippen LogP contribution in [0.2, 0.25) is 0 Å². The van der Waals surface area contributed by atoms with Crippen LogP contribution in [0.4, 0.5) is 0 Å². The third kappa shape index (κ3) is 8.71. The molecule has 0 fully saturated rings. The lowest BCUT2D eigenvalue weighted by molar-refractivity contribution is 0.220. The number of aryl methyl sites for hydroxylation is 2. The fourth-order valence-electron chi connectivity index (χ4n) is 7.82. The third-order valence-electron chi connectivity index (χ3n) is 10.5. The Bertz CT molecular complexity index is 1970. The summed E-state index contributed by atoms with van der Waals surface area (Å²) < 4.78 is 2.32. The van der Waals surface area contributed by atoms with Crippen molar-refractivity contribution in [3.8, 4) is 0 Å². The summed E-state index contributed by atoms with van der Waals surface area (Å²) >= 11 is 7.22. The summed E-state index contributed by atoms with van der Waals surface area (Å²) in [5.74, 6) is 0.523. The molecular formula is C42H48Br2Cl2N4. The van der Waals surface area contributed by atoms with Crippen LogP contribution in [0.5, 0.6) is 0 Å². The van der Waals surface area contributed by atoms with Crippen molar-refractivity contribution >= 4 is 78.5 Å². The van der Waals surface area contributed by atoms with Gasteiger partial charge in [0, 0.05) is 67.3 Å². The molecule has 0 amide bonds. The van der Waals surface area contributed by atoms with Crippen LogP contribution in [0.25, 0.3) is 21.8 Å². The summed E-state index contributed by atoms with van der Waals surface area (Å²) in [5, 5.41) is 6.57.